The van der Waals surface area contributed by atoms with Crippen molar-refractivity contribution in [1.82, 2.24) is 0 Å². The summed E-state index contributed by atoms with van der Waals surface area (Å²) in [5, 5.41) is 0. The zero-order valence-corrected chi connectivity index (χ0v) is 8.53. The van der Waals surface area contributed by atoms with Crippen LogP contribution < -0.4 is 5.73 Å². The summed E-state index contributed by atoms with van der Waals surface area (Å²) in [4.78, 5) is 1.23. The van der Waals surface area contributed by atoms with E-state index >= 15 is 0 Å². The molecule has 0 bridgehead atoms. The molecule has 0 spiro atoms. The first-order chi connectivity index (χ1) is 6.38. The fourth-order valence-electron chi connectivity index (χ4n) is 0.978. The van der Waals surface area contributed by atoms with Gasteiger partial charge in [0.15, 0.2) is 0 Å². The van der Waals surface area contributed by atoms with E-state index in [2.05, 4.69) is 24.2 Å². The van der Waals surface area contributed by atoms with Gasteiger partial charge in [0.2, 0.25) is 0 Å². The summed E-state index contributed by atoms with van der Waals surface area (Å²) in [5.41, 5.74) is 6.46. The van der Waals surface area contributed by atoms with E-state index in [4.69, 9.17) is 5.73 Å². The molecule has 1 rings (SSSR count). The third-order valence-electron chi connectivity index (χ3n) is 1.60. The molecule has 1 aromatic rings. The van der Waals surface area contributed by atoms with Gasteiger partial charge in [-0.05, 0) is 18.4 Å². The van der Waals surface area contributed by atoms with Crippen molar-refractivity contribution in [2.24, 2.45) is 5.73 Å². The number of hydrogen-bond acceptors (Lipinski definition) is 2. The Labute approximate surface area is 83.7 Å². The van der Waals surface area contributed by atoms with E-state index in [-0.39, 0.29) is 0 Å². The van der Waals surface area contributed by atoms with Gasteiger partial charge in [-0.1, -0.05) is 24.0 Å². The van der Waals surface area contributed by atoms with Gasteiger partial charge in [-0.15, -0.1) is 11.8 Å². The summed E-state index contributed by atoms with van der Waals surface area (Å²) in [5.74, 6) is 6.15. The number of thioether (sulfide) groups is 1. The van der Waals surface area contributed by atoms with Crippen LogP contribution in [0.1, 0.15) is 12.0 Å². The first-order valence-electron chi connectivity index (χ1n) is 4.20. The lowest BCUT2D eigenvalue weighted by atomic mass is 10.2. The van der Waals surface area contributed by atoms with Gasteiger partial charge in [-0.25, -0.2) is 0 Å². The number of rotatable bonds is 2. The molecule has 0 amide bonds. The molecular formula is C11H13NS. The van der Waals surface area contributed by atoms with Crippen molar-refractivity contribution in [1.29, 1.82) is 0 Å². The lowest BCUT2D eigenvalue weighted by molar-refractivity contribution is 1.03. The summed E-state index contributed by atoms with van der Waals surface area (Å²) < 4.78 is 0. The lowest BCUT2D eigenvalue weighted by Gasteiger charge is -1.98. The third kappa shape index (κ3) is 3.14. The maximum absolute atomic E-state index is 5.36. The summed E-state index contributed by atoms with van der Waals surface area (Å²) >= 11 is 1.72. The van der Waals surface area contributed by atoms with Gasteiger partial charge in [0.25, 0.3) is 0 Å². The molecule has 0 saturated heterocycles. The second-order valence-corrected chi connectivity index (χ2v) is 3.39. The molecule has 0 aliphatic heterocycles. The predicted molar refractivity (Wildman–Crippen MR) is 58.8 cm³/mol. The van der Waals surface area contributed by atoms with Gasteiger partial charge in [0.05, 0.1) is 0 Å². The molecule has 0 heterocycles. The van der Waals surface area contributed by atoms with Crippen LogP contribution in [-0.2, 0) is 0 Å². The highest BCUT2D eigenvalue weighted by Gasteiger charge is 1.94. The molecule has 13 heavy (non-hydrogen) atoms. The van der Waals surface area contributed by atoms with E-state index in [1.54, 1.807) is 11.8 Å². The molecule has 0 atom stereocenters. The van der Waals surface area contributed by atoms with Crippen LogP contribution in [0.3, 0.4) is 0 Å². The minimum absolute atomic E-state index is 0.633. The van der Waals surface area contributed by atoms with E-state index in [0.717, 1.165) is 12.0 Å². The first-order valence-corrected chi connectivity index (χ1v) is 5.43. The molecule has 1 nitrogen and oxygen atoms in total. The van der Waals surface area contributed by atoms with Gasteiger partial charge in [-0.2, -0.15) is 0 Å². The van der Waals surface area contributed by atoms with Crippen molar-refractivity contribution in [3.05, 3.63) is 29.8 Å². The molecule has 0 fully saturated rings. The molecule has 1 aromatic carbocycles. The fourth-order valence-corrected chi connectivity index (χ4v) is 1.53. The van der Waals surface area contributed by atoms with Crippen LogP contribution >= 0.6 is 11.8 Å². The summed E-state index contributed by atoms with van der Waals surface area (Å²) in [6.45, 7) is 0.633. The van der Waals surface area contributed by atoms with E-state index in [1.165, 1.54) is 4.90 Å². The SMILES string of the molecule is CSc1ccccc1C#CCCN. The Morgan fingerprint density at radius 3 is 2.85 bits per heavy atom. The average molecular weight is 191 g/mol. The molecule has 68 valence electrons. The monoisotopic (exact) mass is 191 g/mol. The largest absolute Gasteiger partial charge is 0.330 e. The van der Waals surface area contributed by atoms with Crippen LogP contribution in [0.15, 0.2) is 29.2 Å². The van der Waals surface area contributed by atoms with Crippen LogP contribution in [0.25, 0.3) is 0 Å². The van der Waals surface area contributed by atoms with Crippen molar-refractivity contribution in [2.75, 3.05) is 12.8 Å². The van der Waals surface area contributed by atoms with E-state index < -0.39 is 0 Å². The zero-order valence-electron chi connectivity index (χ0n) is 7.71. The van der Waals surface area contributed by atoms with Gasteiger partial charge in [0, 0.05) is 23.4 Å². The first kappa shape index (κ1) is 10.2. The van der Waals surface area contributed by atoms with Crippen molar-refractivity contribution < 1.29 is 0 Å². The molecule has 0 aliphatic carbocycles. The standard InChI is InChI=1S/C11H13NS/c1-13-11-8-3-2-6-10(11)7-4-5-9-12/h2-3,6,8H,5,9,12H2,1H3. The second-order valence-electron chi connectivity index (χ2n) is 2.54. The molecular weight excluding hydrogens is 178 g/mol. The minimum Gasteiger partial charge on any atom is -0.330 e. The summed E-state index contributed by atoms with van der Waals surface area (Å²) in [7, 11) is 0. The van der Waals surface area contributed by atoms with Crippen LogP contribution in [0.2, 0.25) is 0 Å². The predicted octanol–water partition coefficient (Wildman–Crippen LogP) is 2.11. The van der Waals surface area contributed by atoms with E-state index in [1.807, 2.05) is 18.2 Å². The van der Waals surface area contributed by atoms with Crippen LogP contribution in [0.5, 0.6) is 0 Å². The van der Waals surface area contributed by atoms with Crippen LogP contribution in [0.4, 0.5) is 0 Å². The van der Waals surface area contributed by atoms with Crippen molar-refractivity contribution in [3.8, 4) is 11.8 Å². The van der Waals surface area contributed by atoms with Gasteiger partial charge in [0.1, 0.15) is 0 Å². The molecule has 0 saturated carbocycles. The Morgan fingerprint density at radius 2 is 2.15 bits per heavy atom. The van der Waals surface area contributed by atoms with E-state index in [0.29, 0.717) is 6.54 Å². The quantitative estimate of drug-likeness (QED) is 0.572. The Kier molecular flexibility index (Phi) is 4.45. The molecule has 0 unspecified atom stereocenters. The number of benzene rings is 1. The third-order valence-corrected chi connectivity index (χ3v) is 2.40. The van der Waals surface area contributed by atoms with Crippen molar-refractivity contribution in [3.63, 3.8) is 0 Å². The maximum Gasteiger partial charge on any atom is 0.0381 e. The van der Waals surface area contributed by atoms with Gasteiger partial charge in [-0.3, -0.25) is 0 Å². The Balaban J connectivity index is 2.82. The second kappa shape index (κ2) is 5.69. The van der Waals surface area contributed by atoms with E-state index in [9.17, 15) is 0 Å². The highest BCUT2D eigenvalue weighted by atomic mass is 32.2. The van der Waals surface area contributed by atoms with Crippen molar-refractivity contribution >= 4 is 11.8 Å². The molecule has 0 aromatic heterocycles. The Bertz CT molecular complexity index is 322. The lowest BCUT2D eigenvalue weighted by Crippen LogP contribution is -1.95. The van der Waals surface area contributed by atoms with Crippen LogP contribution in [-0.4, -0.2) is 12.8 Å². The summed E-state index contributed by atoms with van der Waals surface area (Å²) in [6.07, 6.45) is 2.83. The topological polar surface area (TPSA) is 26.0 Å². The minimum atomic E-state index is 0.633. The Hall–Kier alpha value is -0.910. The van der Waals surface area contributed by atoms with Crippen LogP contribution in [0, 0.1) is 11.8 Å². The average Bonchev–Trinajstić information content (AvgIpc) is 2.19. The fraction of sp³-hybridized carbons (Fsp3) is 0.273. The number of nitrogens with two attached hydrogens (primary N) is 1. The molecule has 0 aliphatic rings. The normalized spacial score (nSPS) is 9.08. The molecule has 2 N–H and O–H groups in total. The number of hydrogen-bond donors (Lipinski definition) is 1. The molecule has 2 heteroatoms. The highest BCUT2D eigenvalue weighted by molar-refractivity contribution is 7.98. The smallest absolute Gasteiger partial charge is 0.0381 e. The molecule has 0 radical (unpaired) electrons. The highest BCUT2D eigenvalue weighted by Crippen LogP contribution is 2.18. The summed E-state index contributed by atoms with van der Waals surface area (Å²) in [6, 6.07) is 8.15. The zero-order chi connectivity index (χ0) is 9.52. The maximum atomic E-state index is 5.36. The van der Waals surface area contributed by atoms with Gasteiger partial charge >= 0.3 is 0 Å². The van der Waals surface area contributed by atoms with Crippen molar-refractivity contribution in [2.45, 2.75) is 11.3 Å². The van der Waals surface area contributed by atoms with Gasteiger partial charge < -0.3 is 5.73 Å². The Morgan fingerprint density at radius 1 is 1.38 bits per heavy atom.